The van der Waals surface area contributed by atoms with Crippen LogP contribution in [0, 0.1) is 0 Å². The molecule has 11 heavy (non-hydrogen) atoms. The molecule has 0 aromatic heterocycles. The summed E-state index contributed by atoms with van der Waals surface area (Å²) in [7, 11) is -3.18. The molecule has 0 aliphatic rings. The Morgan fingerprint density at radius 3 is 2.09 bits per heavy atom. The first-order chi connectivity index (χ1) is 4.95. The van der Waals surface area contributed by atoms with Crippen LogP contribution >= 0.6 is 0 Å². The number of aliphatic hydroxyl groups is 1. The van der Waals surface area contributed by atoms with Gasteiger partial charge >= 0.3 is 0 Å². The second kappa shape index (κ2) is 4.04. The first-order valence-corrected chi connectivity index (χ1v) is 5.25. The van der Waals surface area contributed by atoms with Crippen molar-refractivity contribution < 1.29 is 13.5 Å². The number of rotatable bonds is 4. The maximum absolute atomic E-state index is 11.1. The highest BCUT2D eigenvalue weighted by Crippen LogP contribution is 2.04. The zero-order chi connectivity index (χ0) is 9.07. The van der Waals surface area contributed by atoms with Crippen LogP contribution in [0.4, 0.5) is 0 Å². The van der Waals surface area contributed by atoms with Crippen LogP contribution in [0.15, 0.2) is 0 Å². The van der Waals surface area contributed by atoms with Crippen LogP contribution in [0.1, 0.15) is 13.8 Å². The SMILES string of the molecule is CCS(=O)(=O)[C@@H](CO)[C@@H](C)N. The molecule has 3 N–H and O–H groups in total. The summed E-state index contributed by atoms with van der Waals surface area (Å²) < 4.78 is 22.3. The van der Waals surface area contributed by atoms with E-state index in [0.29, 0.717) is 0 Å². The minimum atomic E-state index is -3.18. The monoisotopic (exact) mass is 181 g/mol. The fourth-order valence-electron chi connectivity index (χ4n) is 0.821. The molecule has 0 heterocycles. The third-order valence-corrected chi connectivity index (χ3v) is 3.94. The number of hydrogen-bond acceptors (Lipinski definition) is 4. The van der Waals surface area contributed by atoms with E-state index in [4.69, 9.17) is 10.8 Å². The first kappa shape index (κ1) is 10.9. The molecule has 4 nitrogen and oxygen atoms in total. The third-order valence-electron chi connectivity index (χ3n) is 1.63. The Morgan fingerprint density at radius 2 is 2.00 bits per heavy atom. The highest BCUT2D eigenvalue weighted by Gasteiger charge is 2.26. The van der Waals surface area contributed by atoms with Crippen LogP contribution in [0.5, 0.6) is 0 Å². The lowest BCUT2D eigenvalue weighted by Gasteiger charge is -2.17. The zero-order valence-corrected chi connectivity index (χ0v) is 7.63. The van der Waals surface area contributed by atoms with Crippen molar-refractivity contribution >= 4 is 9.84 Å². The molecule has 68 valence electrons. The summed E-state index contributed by atoms with van der Waals surface area (Å²) >= 11 is 0. The van der Waals surface area contributed by atoms with E-state index in [1.165, 1.54) is 0 Å². The van der Waals surface area contributed by atoms with Gasteiger partial charge in [0.15, 0.2) is 9.84 Å². The molecule has 0 fully saturated rings. The summed E-state index contributed by atoms with van der Waals surface area (Å²) in [4.78, 5) is 0. The lowest BCUT2D eigenvalue weighted by atomic mass is 10.3. The molecule has 0 aliphatic carbocycles. The first-order valence-electron chi connectivity index (χ1n) is 3.53. The topological polar surface area (TPSA) is 80.4 Å². The highest BCUT2D eigenvalue weighted by molar-refractivity contribution is 7.92. The number of sulfone groups is 1. The zero-order valence-electron chi connectivity index (χ0n) is 6.82. The fourth-order valence-corrected chi connectivity index (χ4v) is 2.13. The average Bonchev–Trinajstić information content (AvgIpc) is 1.88. The molecule has 0 radical (unpaired) electrons. The number of hydrogen-bond donors (Lipinski definition) is 2. The van der Waals surface area contributed by atoms with Crippen molar-refractivity contribution in [2.45, 2.75) is 25.1 Å². The fraction of sp³-hybridized carbons (Fsp3) is 1.00. The van der Waals surface area contributed by atoms with Gasteiger partial charge in [-0.25, -0.2) is 8.42 Å². The van der Waals surface area contributed by atoms with Gasteiger partial charge in [0, 0.05) is 11.8 Å². The Balaban J connectivity index is 4.51. The van der Waals surface area contributed by atoms with E-state index in [1.54, 1.807) is 13.8 Å². The van der Waals surface area contributed by atoms with E-state index in [-0.39, 0.29) is 5.75 Å². The molecule has 0 unspecified atom stereocenters. The molecule has 0 amide bonds. The smallest absolute Gasteiger partial charge is 0.156 e. The van der Waals surface area contributed by atoms with E-state index in [2.05, 4.69) is 0 Å². The minimum absolute atomic E-state index is 0.0275. The van der Waals surface area contributed by atoms with Crippen molar-refractivity contribution in [3.63, 3.8) is 0 Å². The number of nitrogens with two attached hydrogens (primary N) is 1. The standard InChI is InChI=1S/C6H15NO3S/c1-3-11(9,10)6(4-8)5(2)7/h5-6,8H,3-4,7H2,1-2H3/t5-,6+/m1/s1. The molecule has 0 aliphatic heterocycles. The van der Waals surface area contributed by atoms with Gasteiger partial charge in [0.05, 0.1) is 11.9 Å². The Hall–Kier alpha value is -0.130. The molecule has 2 atom stereocenters. The molecule has 0 aromatic carbocycles. The Labute approximate surface area is 67.3 Å². The molecule has 0 rings (SSSR count). The summed E-state index contributed by atoms with van der Waals surface area (Å²) in [6.45, 7) is 2.72. The van der Waals surface area contributed by atoms with Gasteiger partial charge in [-0.3, -0.25) is 0 Å². The average molecular weight is 181 g/mol. The molecule has 0 bridgehead atoms. The van der Waals surface area contributed by atoms with Gasteiger partial charge in [0.25, 0.3) is 0 Å². The molecular formula is C6H15NO3S. The maximum atomic E-state index is 11.1. The van der Waals surface area contributed by atoms with Crippen LogP contribution in [0.2, 0.25) is 0 Å². The highest BCUT2D eigenvalue weighted by atomic mass is 32.2. The van der Waals surface area contributed by atoms with Crippen molar-refractivity contribution in [1.29, 1.82) is 0 Å². The van der Waals surface area contributed by atoms with Crippen LogP contribution in [-0.2, 0) is 9.84 Å². The Bertz CT molecular complexity index is 198. The predicted molar refractivity (Wildman–Crippen MR) is 44.0 cm³/mol. The van der Waals surface area contributed by atoms with Crippen LogP contribution in [-0.4, -0.2) is 37.2 Å². The molecular weight excluding hydrogens is 166 g/mol. The molecule has 0 aromatic rings. The van der Waals surface area contributed by atoms with Gasteiger partial charge in [-0.1, -0.05) is 6.92 Å². The second-order valence-electron chi connectivity index (χ2n) is 2.53. The van der Waals surface area contributed by atoms with Crippen LogP contribution < -0.4 is 5.73 Å². The van der Waals surface area contributed by atoms with Gasteiger partial charge in [-0.2, -0.15) is 0 Å². The van der Waals surface area contributed by atoms with Crippen molar-refractivity contribution in [2.75, 3.05) is 12.4 Å². The van der Waals surface area contributed by atoms with E-state index in [1.807, 2.05) is 0 Å². The largest absolute Gasteiger partial charge is 0.395 e. The predicted octanol–water partition coefficient (Wildman–Crippen LogP) is -0.871. The molecule has 0 spiro atoms. The van der Waals surface area contributed by atoms with E-state index in [9.17, 15) is 8.42 Å². The quantitative estimate of drug-likeness (QED) is 0.590. The normalized spacial score (nSPS) is 17.8. The van der Waals surface area contributed by atoms with Gasteiger partial charge < -0.3 is 10.8 Å². The van der Waals surface area contributed by atoms with Crippen molar-refractivity contribution in [2.24, 2.45) is 5.73 Å². The summed E-state index contributed by atoms with van der Waals surface area (Å²) in [6.07, 6.45) is 0. The third kappa shape index (κ3) is 2.76. The summed E-state index contributed by atoms with van der Waals surface area (Å²) in [5, 5.41) is 7.89. The van der Waals surface area contributed by atoms with Crippen LogP contribution in [0.25, 0.3) is 0 Å². The van der Waals surface area contributed by atoms with Gasteiger partial charge in [-0.15, -0.1) is 0 Å². The second-order valence-corrected chi connectivity index (χ2v) is 5.04. The van der Waals surface area contributed by atoms with Crippen molar-refractivity contribution in [1.82, 2.24) is 0 Å². The minimum Gasteiger partial charge on any atom is -0.395 e. The maximum Gasteiger partial charge on any atom is 0.156 e. The van der Waals surface area contributed by atoms with Gasteiger partial charge in [0.2, 0.25) is 0 Å². The van der Waals surface area contributed by atoms with Crippen molar-refractivity contribution in [3.8, 4) is 0 Å². The van der Waals surface area contributed by atoms with Gasteiger partial charge in [0.1, 0.15) is 0 Å². The summed E-state index contributed by atoms with van der Waals surface area (Å²) in [5.41, 5.74) is 5.37. The van der Waals surface area contributed by atoms with E-state index >= 15 is 0 Å². The van der Waals surface area contributed by atoms with Crippen molar-refractivity contribution in [3.05, 3.63) is 0 Å². The van der Waals surface area contributed by atoms with E-state index in [0.717, 1.165) is 0 Å². The molecule has 0 saturated carbocycles. The summed E-state index contributed by atoms with van der Waals surface area (Å²) in [5.74, 6) is 0.0275. The lowest BCUT2D eigenvalue weighted by Crippen LogP contribution is -2.41. The molecule has 0 saturated heterocycles. The number of aliphatic hydroxyl groups excluding tert-OH is 1. The Morgan fingerprint density at radius 1 is 1.55 bits per heavy atom. The van der Waals surface area contributed by atoms with Crippen LogP contribution in [0.3, 0.4) is 0 Å². The lowest BCUT2D eigenvalue weighted by molar-refractivity contribution is 0.280. The summed E-state index contributed by atoms with van der Waals surface area (Å²) in [6, 6.07) is -0.509. The molecule has 5 heteroatoms. The Kier molecular flexibility index (Phi) is 3.99. The van der Waals surface area contributed by atoms with Gasteiger partial charge in [-0.05, 0) is 6.92 Å². The van der Waals surface area contributed by atoms with E-state index < -0.39 is 27.7 Å².